The number of nitrogens with one attached hydrogen (secondary N) is 1. The summed E-state index contributed by atoms with van der Waals surface area (Å²) >= 11 is 0. The fraction of sp³-hybridized carbons (Fsp3) is 0.421. The van der Waals surface area contributed by atoms with Gasteiger partial charge in [-0.1, -0.05) is 6.07 Å². The number of benzene rings is 1. The molecule has 2 N–H and O–H groups in total. The number of ether oxygens (including phenoxy) is 1. The molecule has 0 radical (unpaired) electrons. The Bertz CT molecular complexity index is 822. The van der Waals surface area contributed by atoms with Crippen LogP contribution in [0.2, 0.25) is 0 Å². The van der Waals surface area contributed by atoms with E-state index in [0.717, 1.165) is 0 Å². The number of hydrogen-bond donors (Lipinski definition) is 2. The highest BCUT2D eigenvalue weighted by Gasteiger charge is 2.36. The Labute approximate surface area is 151 Å². The topological polar surface area (TPSA) is 84.3 Å². The number of methoxy groups -OCH3 is 1. The quantitative estimate of drug-likeness (QED) is 0.857. The van der Waals surface area contributed by atoms with Crippen LogP contribution >= 0.6 is 0 Å². The molecule has 1 atom stereocenters. The Hall–Kier alpha value is -2.54. The van der Waals surface area contributed by atoms with Gasteiger partial charge in [-0.05, 0) is 50.3 Å². The van der Waals surface area contributed by atoms with E-state index in [2.05, 4.69) is 15.3 Å². The standard InChI is InChI=1S/C19H22FN3O3/c1-10-15(9-21-11(2)22-10)19(25)23-18(13-6-14(24)7-13)12-4-5-17(26-3)16(20)8-12/h4-5,8-9,13-14,18,24H,6-7H2,1-3H3,(H,23,25). The SMILES string of the molecule is COc1ccc(C(NC(=O)c2cnc(C)nc2C)C2CC(O)C2)cc1F. The third-order valence-corrected chi connectivity index (χ3v) is 4.79. The Morgan fingerprint density at radius 2 is 2.12 bits per heavy atom. The van der Waals surface area contributed by atoms with Crippen molar-refractivity contribution in [3.8, 4) is 5.75 Å². The maximum atomic E-state index is 14.1. The monoisotopic (exact) mass is 359 g/mol. The van der Waals surface area contributed by atoms with Crippen LogP contribution in [0.1, 0.15) is 46.3 Å². The molecule has 1 aromatic carbocycles. The molecule has 0 saturated heterocycles. The van der Waals surface area contributed by atoms with Crippen LogP contribution in [0.4, 0.5) is 4.39 Å². The van der Waals surface area contributed by atoms with Crippen LogP contribution in [0.5, 0.6) is 5.75 Å². The molecule has 1 aromatic heterocycles. The van der Waals surface area contributed by atoms with Gasteiger partial charge < -0.3 is 15.2 Å². The normalized spacial score (nSPS) is 20.2. The number of hydrogen-bond acceptors (Lipinski definition) is 5. The summed E-state index contributed by atoms with van der Waals surface area (Å²) in [5.41, 5.74) is 1.61. The lowest BCUT2D eigenvalue weighted by Gasteiger charge is -2.38. The van der Waals surface area contributed by atoms with Crippen molar-refractivity contribution in [1.29, 1.82) is 0 Å². The zero-order valence-electron chi connectivity index (χ0n) is 15.0. The number of nitrogens with zero attached hydrogens (tertiary/aromatic N) is 2. The summed E-state index contributed by atoms with van der Waals surface area (Å²) < 4.78 is 19.1. The summed E-state index contributed by atoms with van der Waals surface area (Å²) in [6, 6.07) is 4.23. The van der Waals surface area contributed by atoms with E-state index in [1.807, 2.05) is 0 Å². The number of halogens is 1. The zero-order valence-corrected chi connectivity index (χ0v) is 15.0. The van der Waals surface area contributed by atoms with Gasteiger partial charge >= 0.3 is 0 Å². The van der Waals surface area contributed by atoms with Crippen molar-refractivity contribution in [3.63, 3.8) is 0 Å². The van der Waals surface area contributed by atoms with Gasteiger partial charge in [-0.3, -0.25) is 4.79 Å². The molecular formula is C19H22FN3O3. The van der Waals surface area contributed by atoms with Crippen LogP contribution in [-0.2, 0) is 0 Å². The van der Waals surface area contributed by atoms with Crippen molar-refractivity contribution in [3.05, 3.63) is 52.9 Å². The highest BCUT2D eigenvalue weighted by molar-refractivity contribution is 5.95. The molecule has 1 unspecified atom stereocenters. The first-order valence-corrected chi connectivity index (χ1v) is 8.51. The van der Waals surface area contributed by atoms with E-state index >= 15 is 0 Å². The van der Waals surface area contributed by atoms with Crippen molar-refractivity contribution in [2.45, 2.75) is 38.8 Å². The molecule has 1 fully saturated rings. The van der Waals surface area contributed by atoms with Crippen LogP contribution < -0.4 is 10.1 Å². The predicted octanol–water partition coefficient (Wildman–Crippen LogP) is 2.48. The van der Waals surface area contributed by atoms with Crippen molar-refractivity contribution in [2.75, 3.05) is 7.11 Å². The van der Waals surface area contributed by atoms with Crippen LogP contribution in [0, 0.1) is 25.6 Å². The lowest BCUT2D eigenvalue weighted by Crippen LogP contribution is -2.41. The smallest absolute Gasteiger partial charge is 0.255 e. The predicted molar refractivity (Wildman–Crippen MR) is 93.4 cm³/mol. The summed E-state index contributed by atoms with van der Waals surface area (Å²) in [5.74, 6) is -0.0253. The molecule has 2 aromatic rings. The molecule has 1 saturated carbocycles. The number of carbonyl (C=O) groups is 1. The Morgan fingerprint density at radius 1 is 1.38 bits per heavy atom. The number of aryl methyl sites for hydroxylation is 2. The number of aromatic nitrogens is 2. The molecule has 26 heavy (non-hydrogen) atoms. The Morgan fingerprint density at radius 3 is 2.69 bits per heavy atom. The van der Waals surface area contributed by atoms with Gasteiger partial charge in [0.15, 0.2) is 11.6 Å². The summed E-state index contributed by atoms with van der Waals surface area (Å²) in [5, 5.41) is 12.6. The van der Waals surface area contributed by atoms with Crippen LogP contribution in [-0.4, -0.2) is 34.2 Å². The number of carbonyl (C=O) groups excluding carboxylic acids is 1. The summed E-state index contributed by atoms with van der Waals surface area (Å²) in [6.07, 6.45) is 2.23. The highest BCUT2D eigenvalue weighted by atomic mass is 19.1. The maximum absolute atomic E-state index is 14.1. The van der Waals surface area contributed by atoms with Gasteiger partial charge in [-0.15, -0.1) is 0 Å². The lowest BCUT2D eigenvalue weighted by atomic mass is 9.75. The molecule has 0 spiro atoms. The second-order valence-electron chi connectivity index (χ2n) is 6.65. The first-order chi connectivity index (χ1) is 12.4. The second-order valence-corrected chi connectivity index (χ2v) is 6.65. The van der Waals surface area contributed by atoms with E-state index in [1.54, 1.807) is 26.0 Å². The molecule has 6 nitrogen and oxygen atoms in total. The van der Waals surface area contributed by atoms with E-state index in [-0.39, 0.29) is 23.7 Å². The molecule has 1 aliphatic rings. The van der Waals surface area contributed by atoms with E-state index in [9.17, 15) is 14.3 Å². The molecule has 0 aliphatic heterocycles. The van der Waals surface area contributed by atoms with Gasteiger partial charge in [-0.2, -0.15) is 0 Å². The number of aliphatic hydroxyl groups is 1. The minimum atomic E-state index is -0.487. The zero-order chi connectivity index (χ0) is 18.8. The minimum absolute atomic E-state index is 0.0356. The van der Waals surface area contributed by atoms with E-state index in [0.29, 0.717) is 35.5 Å². The average Bonchev–Trinajstić information content (AvgIpc) is 2.57. The molecule has 1 heterocycles. The largest absolute Gasteiger partial charge is 0.494 e. The minimum Gasteiger partial charge on any atom is -0.494 e. The van der Waals surface area contributed by atoms with Crippen molar-refractivity contribution >= 4 is 5.91 Å². The third-order valence-electron chi connectivity index (χ3n) is 4.79. The van der Waals surface area contributed by atoms with Crippen molar-refractivity contribution in [2.24, 2.45) is 5.92 Å². The van der Waals surface area contributed by atoms with Gasteiger partial charge in [0.05, 0.1) is 30.5 Å². The van der Waals surface area contributed by atoms with Gasteiger partial charge in [-0.25, -0.2) is 14.4 Å². The first-order valence-electron chi connectivity index (χ1n) is 8.51. The van der Waals surface area contributed by atoms with Crippen LogP contribution in [0.25, 0.3) is 0 Å². The first kappa shape index (κ1) is 18.3. The molecule has 0 bridgehead atoms. The molecule has 138 valence electrons. The maximum Gasteiger partial charge on any atom is 0.255 e. The number of amides is 1. The molecule has 7 heteroatoms. The Kier molecular flexibility index (Phi) is 5.18. The lowest BCUT2D eigenvalue weighted by molar-refractivity contribution is 0.0234. The fourth-order valence-electron chi connectivity index (χ4n) is 3.28. The van der Waals surface area contributed by atoms with Crippen LogP contribution in [0.15, 0.2) is 24.4 Å². The van der Waals surface area contributed by atoms with Gasteiger partial charge in [0.2, 0.25) is 0 Å². The third kappa shape index (κ3) is 3.67. The number of rotatable bonds is 5. The van der Waals surface area contributed by atoms with Crippen molar-refractivity contribution < 1.29 is 19.0 Å². The van der Waals surface area contributed by atoms with Gasteiger partial charge in [0.25, 0.3) is 5.91 Å². The van der Waals surface area contributed by atoms with Crippen molar-refractivity contribution in [1.82, 2.24) is 15.3 Å². The van der Waals surface area contributed by atoms with Gasteiger partial charge in [0, 0.05) is 6.20 Å². The summed E-state index contributed by atoms with van der Waals surface area (Å²) in [4.78, 5) is 21.0. The van der Waals surface area contributed by atoms with E-state index < -0.39 is 11.9 Å². The Balaban J connectivity index is 1.87. The summed E-state index contributed by atoms with van der Waals surface area (Å²) in [6.45, 7) is 3.51. The second kappa shape index (κ2) is 7.37. The molecule has 1 aliphatic carbocycles. The summed E-state index contributed by atoms with van der Waals surface area (Å²) in [7, 11) is 1.40. The highest BCUT2D eigenvalue weighted by Crippen LogP contribution is 2.39. The molecule has 3 rings (SSSR count). The van der Waals surface area contributed by atoms with Crippen LogP contribution in [0.3, 0.4) is 0 Å². The molecule has 1 amide bonds. The fourth-order valence-corrected chi connectivity index (χ4v) is 3.28. The average molecular weight is 359 g/mol. The van der Waals surface area contributed by atoms with E-state index in [4.69, 9.17) is 4.74 Å². The number of aliphatic hydroxyl groups excluding tert-OH is 1. The van der Waals surface area contributed by atoms with Gasteiger partial charge in [0.1, 0.15) is 5.82 Å². The van der Waals surface area contributed by atoms with E-state index in [1.165, 1.54) is 19.4 Å². The molecular weight excluding hydrogens is 337 g/mol.